The maximum atomic E-state index is 10.5. The maximum Gasteiger partial charge on any atom is 0.186 e. The minimum Gasteiger partial charge on any atom is -0.362 e. The number of allylic oxidation sites excluding steroid dienone is 1. The number of hydrogen-bond donors (Lipinski definition) is 2. The molecule has 0 bridgehead atoms. The van der Waals surface area contributed by atoms with Crippen LogP contribution < -0.4 is 0 Å². The molecule has 3 saturated carbocycles. The molecule has 0 aromatic heterocycles. The second-order valence-electron chi connectivity index (χ2n) is 8.30. The van der Waals surface area contributed by atoms with E-state index in [1.807, 2.05) is 6.08 Å². The third-order valence-corrected chi connectivity index (χ3v) is 7.41. The van der Waals surface area contributed by atoms with Gasteiger partial charge in [0, 0.05) is 5.92 Å². The molecule has 0 aliphatic heterocycles. The molecular formula is C18H28O2. The third-order valence-electron chi connectivity index (χ3n) is 7.41. The van der Waals surface area contributed by atoms with Crippen LogP contribution in [0.3, 0.4) is 0 Å². The van der Waals surface area contributed by atoms with Crippen molar-refractivity contribution in [1.29, 1.82) is 0 Å². The van der Waals surface area contributed by atoms with Crippen LogP contribution in [0.5, 0.6) is 0 Å². The van der Waals surface area contributed by atoms with Crippen LogP contribution in [0.1, 0.15) is 58.3 Å². The Morgan fingerprint density at radius 1 is 1.00 bits per heavy atom. The smallest absolute Gasteiger partial charge is 0.186 e. The summed E-state index contributed by atoms with van der Waals surface area (Å²) in [5, 5.41) is 21.0. The molecule has 4 aliphatic rings. The summed E-state index contributed by atoms with van der Waals surface area (Å²) in [7, 11) is 0. The third kappa shape index (κ3) is 1.77. The van der Waals surface area contributed by atoms with Gasteiger partial charge in [0.25, 0.3) is 0 Å². The second-order valence-corrected chi connectivity index (χ2v) is 8.30. The van der Waals surface area contributed by atoms with Gasteiger partial charge >= 0.3 is 0 Å². The maximum absolute atomic E-state index is 10.5. The molecule has 2 N–H and O–H groups in total. The van der Waals surface area contributed by atoms with E-state index in [4.69, 9.17) is 0 Å². The summed E-state index contributed by atoms with van der Waals surface area (Å²) in [6.07, 6.45) is 13.9. The summed E-state index contributed by atoms with van der Waals surface area (Å²) in [6, 6.07) is 0. The summed E-state index contributed by atoms with van der Waals surface area (Å²) in [6.45, 7) is 2.50. The molecule has 112 valence electrons. The summed E-state index contributed by atoms with van der Waals surface area (Å²) in [5.74, 6) is 1.20. The van der Waals surface area contributed by atoms with Gasteiger partial charge in [-0.3, -0.25) is 0 Å². The molecule has 0 heterocycles. The monoisotopic (exact) mass is 276 g/mol. The topological polar surface area (TPSA) is 40.5 Å². The molecule has 0 aromatic carbocycles. The van der Waals surface area contributed by atoms with Crippen LogP contribution in [0.4, 0.5) is 0 Å². The normalized spacial score (nSPS) is 53.0. The van der Waals surface area contributed by atoms with Gasteiger partial charge in [-0.05, 0) is 80.1 Å². The fourth-order valence-corrected chi connectivity index (χ4v) is 6.56. The van der Waals surface area contributed by atoms with Crippen molar-refractivity contribution in [2.24, 2.45) is 35.0 Å². The van der Waals surface area contributed by atoms with Gasteiger partial charge in [-0.15, -0.1) is 0 Å². The van der Waals surface area contributed by atoms with Gasteiger partial charge in [0.05, 0.1) is 0 Å². The molecule has 0 spiro atoms. The van der Waals surface area contributed by atoms with E-state index in [2.05, 4.69) is 6.92 Å². The zero-order valence-electron chi connectivity index (χ0n) is 12.6. The van der Waals surface area contributed by atoms with Gasteiger partial charge in [-0.25, -0.2) is 0 Å². The number of aliphatic hydroxyl groups is 2. The van der Waals surface area contributed by atoms with E-state index in [-0.39, 0.29) is 5.92 Å². The summed E-state index contributed by atoms with van der Waals surface area (Å²) < 4.78 is 0. The highest BCUT2D eigenvalue weighted by atomic mass is 16.5. The van der Waals surface area contributed by atoms with Crippen LogP contribution in [0, 0.1) is 35.0 Å². The zero-order chi connectivity index (χ0) is 14.0. The van der Waals surface area contributed by atoms with Gasteiger partial charge in [0.1, 0.15) is 0 Å². The minimum absolute atomic E-state index is 0.0939. The molecule has 3 fully saturated rings. The van der Waals surface area contributed by atoms with E-state index in [0.29, 0.717) is 17.3 Å². The van der Waals surface area contributed by atoms with Crippen molar-refractivity contribution >= 4 is 0 Å². The first-order valence-electron chi connectivity index (χ1n) is 8.64. The fourth-order valence-electron chi connectivity index (χ4n) is 6.56. The van der Waals surface area contributed by atoms with E-state index in [1.54, 1.807) is 6.08 Å². The van der Waals surface area contributed by atoms with E-state index < -0.39 is 5.79 Å². The first kappa shape index (κ1) is 13.3. The summed E-state index contributed by atoms with van der Waals surface area (Å²) in [5.41, 5.74) is 0.562. The Morgan fingerprint density at radius 2 is 1.85 bits per heavy atom. The van der Waals surface area contributed by atoms with Crippen molar-refractivity contribution in [3.63, 3.8) is 0 Å². The van der Waals surface area contributed by atoms with Gasteiger partial charge in [0.2, 0.25) is 0 Å². The zero-order valence-corrected chi connectivity index (χ0v) is 12.6. The SMILES string of the molecule is C[C@@]12CCC[C@H]1[C@@H]1CCC3CC=CC(O)(O)[C@@H]3[C@H]1CC2. The van der Waals surface area contributed by atoms with Crippen molar-refractivity contribution in [3.05, 3.63) is 12.2 Å². The first-order chi connectivity index (χ1) is 9.51. The summed E-state index contributed by atoms with van der Waals surface area (Å²) in [4.78, 5) is 0. The Balaban J connectivity index is 1.66. The van der Waals surface area contributed by atoms with Crippen molar-refractivity contribution < 1.29 is 10.2 Å². The highest BCUT2D eigenvalue weighted by molar-refractivity contribution is 5.12. The molecule has 2 nitrogen and oxygen atoms in total. The number of rotatable bonds is 0. The van der Waals surface area contributed by atoms with Crippen molar-refractivity contribution in [1.82, 2.24) is 0 Å². The highest BCUT2D eigenvalue weighted by Gasteiger charge is 2.57. The Morgan fingerprint density at radius 3 is 2.70 bits per heavy atom. The highest BCUT2D eigenvalue weighted by Crippen LogP contribution is 2.62. The average molecular weight is 276 g/mol. The van der Waals surface area contributed by atoms with Gasteiger partial charge in [-0.1, -0.05) is 19.4 Å². The van der Waals surface area contributed by atoms with E-state index >= 15 is 0 Å². The van der Waals surface area contributed by atoms with E-state index in [0.717, 1.165) is 18.3 Å². The van der Waals surface area contributed by atoms with Crippen LogP contribution in [0.2, 0.25) is 0 Å². The predicted molar refractivity (Wildman–Crippen MR) is 78.8 cm³/mol. The number of hydrogen-bond acceptors (Lipinski definition) is 2. The van der Waals surface area contributed by atoms with Crippen LogP contribution in [-0.2, 0) is 0 Å². The van der Waals surface area contributed by atoms with Gasteiger partial charge in [0.15, 0.2) is 5.79 Å². The molecule has 0 saturated heterocycles. The Hall–Kier alpha value is -0.340. The lowest BCUT2D eigenvalue weighted by molar-refractivity contribution is -0.219. The van der Waals surface area contributed by atoms with E-state index in [1.165, 1.54) is 44.9 Å². The molecule has 0 aromatic rings. The largest absolute Gasteiger partial charge is 0.362 e. The van der Waals surface area contributed by atoms with E-state index in [9.17, 15) is 10.2 Å². The van der Waals surface area contributed by atoms with Crippen molar-refractivity contribution in [2.75, 3.05) is 0 Å². The first-order valence-corrected chi connectivity index (χ1v) is 8.64. The molecule has 6 atom stereocenters. The molecule has 4 rings (SSSR count). The lowest BCUT2D eigenvalue weighted by atomic mass is 9.50. The average Bonchev–Trinajstić information content (AvgIpc) is 2.79. The van der Waals surface area contributed by atoms with Crippen LogP contribution >= 0.6 is 0 Å². The molecule has 0 amide bonds. The van der Waals surface area contributed by atoms with Crippen molar-refractivity contribution in [2.45, 2.75) is 64.1 Å². The molecule has 0 radical (unpaired) electrons. The lowest BCUT2D eigenvalue weighted by Gasteiger charge is -2.56. The Kier molecular flexibility index (Phi) is 2.89. The lowest BCUT2D eigenvalue weighted by Crippen LogP contribution is -2.54. The molecule has 2 heteroatoms. The standard InChI is InChI=1S/C18H28O2/c1-17-9-3-5-15(17)13-7-6-12-4-2-10-18(19,20)16(12)14(13)8-11-17/h2,10,12-16,19-20H,3-9,11H2,1H3/t12?,13-,14+,15+,16+,17+/m1/s1. The van der Waals surface area contributed by atoms with Crippen molar-refractivity contribution in [3.8, 4) is 0 Å². The summed E-state index contributed by atoms with van der Waals surface area (Å²) >= 11 is 0. The minimum atomic E-state index is -1.54. The Labute approximate surface area is 122 Å². The number of fused-ring (bicyclic) bond motifs is 5. The fraction of sp³-hybridized carbons (Fsp3) is 0.889. The quantitative estimate of drug-likeness (QED) is 0.525. The Bertz CT molecular complexity index is 427. The second kappa shape index (κ2) is 4.33. The molecule has 20 heavy (non-hydrogen) atoms. The van der Waals surface area contributed by atoms with Gasteiger partial charge < -0.3 is 10.2 Å². The van der Waals surface area contributed by atoms with Crippen LogP contribution in [0.25, 0.3) is 0 Å². The molecule has 4 aliphatic carbocycles. The van der Waals surface area contributed by atoms with Crippen LogP contribution in [0.15, 0.2) is 12.2 Å². The molecular weight excluding hydrogens is 248 g/mol. The molecule has 1 unspecified atom stereocenters. The van der Waals surface area contributed by atoms with Gasteiger partial charge in [-0.2, -0.15) is 0 Å². The predicted octanol–water partition coefficient (Wildman–Crippen LogP) is 3.49. The van der Waals surface area contributed by atoms with Crippen LogP contribution in [-0.4, -0.2) is 16.0 Å².